The van der Waals surface area contributed by atoms with Gasteiger partial charge in [0.2, 0.25) is 0 Å². The summed E-state index contributed by atoms with van der Waals surface area (Å²) in [6.07, 6.45) is 19.3. The van der Waals surface area contributed by atoms with E-state index in [0.29, 0.717) is 23.6 Å². The molecule has 1 N–H and O–H groups in total. The van der Waals surface area contributed by atoms with Gasteiger partial charge >= 0.3 is 6.03 Å². The molecule has 1 aromatic carbocycles. The summed E-state index contributed by atoms with van der Waals surface area (Å²) in [5, 5.41) is 3.13. The van der Waals surface area contributed by atoms with Crippen molar-refractivity contribution < 1.29 is 13.2 Å². The predicted octanol–water partition coefficient (Wildman–Crippen LogP) is 8.10. The van der Waals surface area contributed by atoms with Gasteiger partial charge in [0.25, 0.3) is 10.0 Å². The van der Waals surface area contributed by atoms with Crippen LogP contribution in [0.15, 0.2) is 23.1 Å². The zero-order valence-corrected chi connectivity index (χ0v) is 23.3. The van der Waals surface area contributed by atoms with Crippen LogP contribution in [0.3, 0.4) is 0 Å². The Labute approximate surface area is 214 Å². The molecule has 1 rings (SSSR count). The van der Waals surface area contributed by atoms with Crippen LogP contribution in [0.4, 0.5) is 4.79 Å². The fraction of sp³-hybridized carbons (Fsp3) is 0.741. The third-order valence-electron chi connectivity index (χ3n) is 6.27. The Morgan fingerprint density at radius 3 is 1.82 bits per heavy atom. The van der Waals surface area contributed by atoms with Crippen LogP contribution in [-0.4, -0.2) is 32.3 Å². The highest BCUT2D eigenvalue weighted by molar-refractivity contribution is 7.89. The summed E-state index contributed by atoms with van der Waals surface area (Å²) in [5.41, 5.74) is 0.682. The van der Waals surface area contributed by atoms with Crippen molar-refractivity contribution in [1.29, 1.82) is 0 Å². The zero-order valence-electron chi connectivity index (χ0n) is 21.7. The number of halogens is 1. The Kier molecular flexibility index (Phi) is 16.3. The van der Waals surface area contributed by atoms with Gasteiger partial charge in [0.15, 0.2) is 0 Å². The Morgan fingerprint density at radius 2 is 1.32 bits per heavy atom. The van der Waals surface area contributed by atoms with E-state index in [9.17, 15) is 13.2 Å². The van der Waals surface area contributed by atoms with Crippen LogP contribution in [0.25, 0.3) is 0 Å². The van der Waals surface area contributed by atoms with Crippen molar-refractivity contribution in [1.82, 2.24) is 9.62 Å². The van der Waals surface area contributed by atoms with Crippen LogP contribution < -0.4 is 5.32 Å². The number of carbonyl (C=O) groups is 1. The maximum absolute atomic E-state index is 13.0. The van der Waals surface area contributed by atoms with Gasteiger partial charge < -0.3 is 5.32 Å². The first-order valence-corrected chi connectivity index (χ1v) is 15.2. The van der Waals surface area contributed by atoms with Gasteiger partial charge in [-0.05, 0) is 43.0 Å². The molecule has 0 spiro atoms. The summed E-state index contributed by atoms with van der Waals surface area (Å²) in [7, 11) is -2.63. The van der Waals surface area contributed by atoms with Crippen LogP contribution in [0.1, 0.15) is 116 Å². The maximum atomic E-state index is 13.0. The lowest BCUT2D eigenvalue weighted by atomic mass is 10.0. The van der Waals surface area contributed by atoms with E-state index < -0.39 is 16.1 Å². The van der Waals surface area contributed by atoms with Crippen molar-refractivity contribution in [3.8, 4) is 0 Å². The number of benzene rings is 1. The summed E-state index contributed by atoms with van der Waals surface area (Å²) in [6, 6.07) is 4.19. The number of nitrogens with one attached hydrogen (secondary N) is 1. The molecule has 0 aromatic heterocycles. The minimum atomic E-state index is -3.92. The number of urea groups is 1. The van der Waals surface area contributed by atoms with E-state index in [-0.39, 0.29) is 4.90 Å². The molecular formula is C27H47ClN2O3S. The Morgan fingerprint density at radius 1 is 0.824 bits per heavy atom. The Bertz CT molecular complexity index is 799. The van der Waals surface area contributed by atoms with Gasteiger partial charge in [-0.2, -0.15) is 0 Å². The summed E-state index contributed by atoms with van der Waals surface area (Å²) >= 11 is 6.15. The molecule has 0 aliphatic heterocycles. The average Bonchev–Trinajstić information content (AvgIpc) is 2.82. The number of hydrogen-bond acceptors (Lipinski definition) is 3. The van der Waals surface area contributed by atoms with Crippen LogP contribution in [0.5, 0.6) is 0 Å². The SMILES string of the molecule is CCCCCCCCCCCCCCCCc1cc(Cl)ccc1S(=O)(=O)N(C)C(=O)NCCC. The van der Waals surface area contributed by atoms with Gasteiger partial charge in [-0.3, -0.25) is 0 Å². The first-order valence-electron chi connectivity index (χ1n) is 13.4. The number of unbranched alkanes of at least 4 members (excludes halogenated alkanes) is 13. The minimum absolute atomic E-state index is 0.167. The lowest BCUT2D eigenvalue weighted by molar-refractivity contribution is 0.228. The number of sulfonamides is 1. The molecule has 0 atom stereocenters. The van der Waals surface area contributed by atoms with Gasteiger partial charge in [-0.25, -0.2) is 17.5 Å². The molecular weight excluding hydrogens is 468 g/mol. The number of amides is 2. The van der Waals surface area contributed by atoms with Gasteiger partial charge in [-0.1, -0.05) is 109 Å². The monoisotopic (exact) mass is 514 g/mol. The van der Waals surface area contributed by atoms with E-state index in [1.807, 2.05) is 6.92 Å². The van der Waals surface area contributed by atoms with Crippen LogP contribution in [0, 0.1) is 0 Å². The topological polar surface area (TPSA) is 66.5 Å². The molecule has 0 bridgehead atoms. The second-order valence-corrected chi connectivity index (χ2v) is 11.7. The smallest absolute Gasteiger partial charge is 0.331 e. The highest BCUT2D eigenvalue weighted by Gasteiger charge is 2.27. The van der Waals surface area contributed by atoms with Crippen molar-refractivity contribution in [3.05, 3.63) is 28.8 Å². The van der Waals surface area contributed by atoms with Crippen molar-refractivity contribution in [2.24, 2.45) is 0 Å². The average molecular weight is 515 g/mol. The predicted molar refractivity (Wildman–Crippen MR) is 144 cm³/mol. The van der Waals surface area contributed by atoms with Gasteiger partial charge in [0.05, 0.1) is 4.90 Å². The molecule has 0 heterocycles. The van der Waals surface area contributed by atoms with E-state index >= 15 is 0 Å². The first kappa shape index (κ1) is 30.8. The molecule has 0 unspecified atom stereocenters. The molecule has 0 fully saturated rings. The van der Waals surface area contributed by atoms with Crippen LogP contribution >= 0.6 is 11.6 Å². The highest BCUT2D eigenvalue weighted by Crippen LogP contribution is 2.25. The molecule has 0 saturated carbocycles. The zero-order chi connectivity index (χ0) is 25.2. The minimum Gasteiger partial charge on any atom is -0.337 e. The lowest BCUT2D eigenvalue weighted by Gasteiger charge is -2.20. The third-order valence-corrected chi connectivity index (χ3v) is 8.35. The second kappa shape index (κ2) is 18.1. The van der Waals surface area contributed by atoms with E-state index in [0.717, 1.165) is 23.6 Å². The second-order valence-electron chi connectivity index (χ2n) is 9.30. The molecule has 2 amide bonds. The largest absolute Gasteiger partial charge is 0.337 e. The van der Waals surface area contributed by atoms with E-state index in [1.54, 1.807) is 12.1 Å². The molecule has 0 saturated heterocycles. The number of nitrogens with zero attached hydrogens (tertiary/aromatic N) is 1. The summed E-state index contributed by atoms with van der Waals surface area (Å²) in [6.45, 7) is 4.61. The summed E-state index contributed by atoms with van der Waals surface area (Å²) in [5.74, 6) is 0. The molecule has 34 heavy (non-hydrogen) atoms. The summed E-state index contributed by atoms with van der Waals surface area (Å²) < 4.78 is 26.9. The number of rotatable bonds is 19. The fourth-order valence-electron chi connectivity index (χ4n) is 4.10. The van der Waals surface area contributed by atoms with E-state index in [1.165, 1.54) is 90.2 Å². The van der Waals surface area contributed by atoms with Crippen molar-refractivity contribution in [3.63, 3.8) is 0 Å². The molecule has 0 aliphatic carbocycles. The molecule has 5 nitrogen and oxygen atoms in total. The van der Waals surface area contributed by atoms with E-state index in [4.69, 9.17) is 11.6 Å². The standard InChI is InChI=1S/C27H47ClN2O3S/c1-4-6-7-8-9-10-11-12-13-14-15-16-17-18-19-24-23-25(28)20-21-26(24)34(32,33)30(3)27(31)29-22-5-2/h20-21,23H,4-19,22H2,1-3H3,(H,29,31). The Balaban J connectivity index is 2.37. The van der Waals surface area contributed by atoms with Gasteiger partial charge in [0, 0.05) is 18.6 Å². The van der Waals surface area contributed by atoms with Crippen LogP contribution in [0.2, 0.25) is 5.02 Å². The summed E-state index contributed by atoms with van der Waals surface area (Å²) in [4.78, 5) is 12.4. The molecule has 196 valence electrons. The molecule has 1 aromatic rings. The molecule has 7 heteroatoms. The van der Waals surface area contributed by atoms with Crippen molar-refractivity contribution in [2.75, 3.05) is 13.6 Å². The third kappa shape index (κ3) is 11.9. The molecule has 0 radical (unpaired) electrons. The van der Waals surface area contributed by atoms with Crippen LogP contribution in [-0.2, 0) is 16.4 Å². The first-order chi connectivity index (χ1) is 16.3. The number of carbonyl (C=O) groups excluding carboxylic acids is 1. The Hall–Kier alpha value is -1.27. The van der Waals surface area contributed by atoms with E-state index in [2.05, 4.69) is 12.2 Å². The molecule has 0 aliphatic rings. The van der Waals surface area contributed by atoms with Gasteiger partial charge in [-0.15, -0.1) is 0 Å². The fourth-order valence-corrected chi connectivity index (χ4v) is 5.61. The lowest BCUT2D eigenvalue weighted by Crippen LogP contribution is -2.41. The van der Waals surface area contributed by atoms with Crippen molar-refractivity contribution in [2.45, 2.75) is 121 Å². The normalized spacial score (nSPS) is 11.5. The number of aryl methyl sites for hydroxylation is 1. The maximum Gasteiger partial charge on any atom is 0.331 e. The highest BCUT2D eigenvalue weighted by atomic mass is 35.5. The van der Waals surface area contributed by atoms with Crippen molar-refractivity contribution >= 4 is 27.7 Å². The van der Waals surface area contributed by atoms with Gasteiger partial charge in [0.1, 0.15) is 0 Å². The quantitative estimate of drug-likeness (QED) is 0.189. The number of hydrogen-bond donors (Lipinski definition) is 1.